The number of sulfone groups is 1. The SMILES string of the molecule is O=C(C[C@@H]1CCS(=O)(=O)C1)NNS(=O)(=O)c1ccccc1C(F)(F)F. The summed E-state index contributed by atoms with van der Waals surface area (Å²) >= 11 is 0. The fraction of sp³-hybridized carbons (Fsp3) is 0.462. The standard InChI is InChI=1S/C13H15F3N2O5S2/c14-13(15,16)10-3-1-2-4-11(10)25(22,23)18-17-12(19)7-9-5-6-24(20,21)8-9/h1-4,9,18H,5-8H2,(H,17,19)/t9-/m0/s1. The Labute approximate surface area is 142 Å². The van der Waals surface area contributed by atoms with Gasteiger partial charge in [-0.1, -0.05) is 12.1 Å². The van der Waals surface area contributed by atoms with Crippen LogP contribution in [0, 0.1) is 5.92 Å². The maximum absolute atomic E-state index is 12.9. The molecule has 0 aliphatic carbocycles. The molecular formula is C13H15F3N2O5S2. The molecule has 0 spiro atoms. The fourth-order valence-corrected chi connectivity index (χ4v) is 5.41. The fourth-order valence-electron chi connectivity index (χ4n) is 2.46. The summed E-state index contributed by atoms with van der Waals surface area (Å²) < 4.78 is 85.3. The molecule has 1 saturated heterocycles. The van der Waals surface area contributed by atoms with Gasteiger partial charge in [0.1, 0.15) is 0 Å². The van der Waals surface area contributed by atoms with E-state index in [1.54, 1.807) is 4.83 Å². The first kappa shape index (κ1) is 19.7. The van der Waals surface area contributed by atoms with Gasteiger partial charge in [-0.25, -0.2) is 16.8 Å². The lowest BCUT2D eigenvalue weighted by atomic mass is 10.1. The molecule has 1 aromatic rings. The second kappa shape index (κ2) is 6.92. The minimum atomic E-state index is -4.88. The van der Waals surface area contributed by atoms with Crippen molar-refractivity contribution in [3.8, 4) is 0 Å². The molecule has 1 aliphatic heterocycles. The highest BCUT2D eigenvalue weighted by molar-refractivity contribution is 7.91. The number of alkyl halides is 3. The lowest BCUT2D eigenvalue weighted by Crippen LogP contribution is -2.42. The van der Waals surface area contributed by atoms with Crippen LogP contribution in [0.3, 0.4) is 0 Å². The van der Waals surface area contributed by atoms with Gasteiger partial charge in [-0.3, -0.25) is 10.2 Å². The molecule has 2 rings (SSSR count). The van der Waals surface area contributed by atoms with Crippen LogP contribution < -0.4 is 10.3 Å². The summed E-state index contributed by atoms with van der Waals surface area (Å²) in [7, 11) is -7.84. The van der Waals surface area contributed by atoms with Crippen molar-refractivity contribution >= 4 is 25.8 Å². The Morgan fingerprint density at radius 3 is 2.44 bits per heavy atom. The van der Waals surface area contributed by atoms with Crippen LogP contribution in [0.2, 0.25) is 0 Å². The zero-order valence-corrected chi connectivity index (χ0v) is 14.3. The lowest BCUT2D eigenvalue weighted by molar-refractivity contribution is -0.139. The third-order valence-electron chi connectivity index (χ3n) is 3.61. The Morgan fingerprint density at radius 1 is 1.24 bits per heavy atom. The molecule has 0 saturated carbocycles. The minimum Gasteiger partial charge on any atom is -0.278 e. The summed E-state index contributed by atoms with van der Waals surface area (Å²) in [6, 6.07) is 3.54. The van der Waals surface area contributed by atoms with Gasteiger partial charge in [-0.05, 0) is 24.5 Å². The summed E-state index contributed by atoms with van der Waals surface area (Å²) in [6.07, 6.45) is -4.85. The molecule has 12 heteroatoms. The van der Waals surface area contributed by atoms with Crippen LogP contribution in [-0.2, 0) is 30.8 Å². The van der Waals surface area contributed by atoms with Gasteiger partial charge in [-0.2, -0.15) is 13.2 Å². The second-order valence-electron chi connectivity index (χ2n) is 5.62. The number of hydrazine groups is 1. The van der Waals surface area contributed by atoms with Gasteiger partial charge in [0.25, 0.3) is 10.0 Å². The second-order valence-corrected chi connectivity index (χ2v) is 9.50. The van der Waals surface area contributed by atoms with E-state index in [1.165, 1.54) is 0 Å². The van der Waals surface area contributed by atoms with E-state index in [9.17, 15) is 34.8 Å². The van der Waals surface area contributed by atoms with Crippen LogP contribution in [-0.4, -0.2) is 34.2 Å². The van der Waals surface area contributed by atoms with Crippen LogP contribution in [0.1, 0.15) is 18.4 Å². The van der Waals surface area contributed by atoms with Crippen molar-refractivity contribution in [2.45, 2.75) is 23.9 Å². The van der Waals surface area contributed by atoms with E-state index in [1.807, 2.05) is 5.43 Å². The molecule has 0 aromatic heterocycles. The van der Waals surface area contributed by atoms with Gasteiger partial charge in [0.05, 0.1) is 22.0 Å². The highest BCUT2D eigenvalue weighted by Crippen LogP contribution is 2.33. The maximum atomic E-state index is 12.9. The van der Waals surface area contributed by atoms with Crippen molar-refractivity contribution in [1.82, 2.24) is 10.3 Å². The third kappa shape index (κ3) is 5.16. The first-order valence-corrected chi connectivity index (χ1v) is 10.4. The number of hydrogen-bond donors (Lipinski definition) is 2. The monoisotopic (exact) mass is 400 g/mol. The Bertz CT molecular complexity index is 866. The van der Waals surface area contributed by atoms with Gasteiger partial charge in [0.2, 0.25) is 5.91 Å². The van der Waals surface area contributed by atoms with Gasteiger partial charge in [-0.15, -0.1) is 4.83 Å². The maximum Gasteiger partial charge on any atom is 0.417 e. The Hall–Kier alpha value is -1.66. The number of hydrogen-bond acceptors (Lipinski definition) is 5. The number of halogens is 3. The van der Waals surface area contributed by atoms with Crippen molar-refractivity contribution in [1.29, 1.82) is 0 Å². The van der Waals surface area contributed by atoms with Gasteiger partial charge < -0.3 is 0 Å². The molecule has 0 unspecified atom stereocenters. The number of rotatable bonds is 5. The first-order valence-electron chi connectivity index (χ1n) is 7.08. The van der Waals surface area contributed by atoms with Crippen LogP contribution >= 0.6 is 0 Å². The minimum absolute atomic E-state index is 0.0460. The molecule has 7 nitrogen and oxygen atoms in total. The zero-order valence-electron chi connectivity index (χ0n) is 12.7. The Morgan fingerprint density at radius 2 is 1.88 bits per heavy atom. The van der Waals surface area contributed by atoms with Crippen molar-refractivity contribution in [3.63, 3.8) is 0 Å². The Balaban J connectivity index is 2.04. The number of carbonyl (C=O) groups is 1. The molecule has 0 radical (unpaired) electrons. The largest absolute Gasteiger partial charge is 0.417 e. The zero-order chi connectivity index (χ0) is 18.9. The van der Waals surface area contributed by atoms with E-state index >= 15 is 0 Å². The highest BCUT2D eigenvalue weighted by Gasteiger charge is 2.37. The van der Waals surface area contributed by atoms with Crippen LogP contribution in [0.25, 0.3) is 0 Å². The molecule has 1 amide bonds. The van der Waals surface area contributed by atoms with E-state index in [-0.39, 0.29) is 24.3 Å². The smallest absolute Gasteiger partial charge is 0.278 e. The number of benzene rings is 1. The van der Waals surface area contributed by atoms with E-state index in [2.05, 4.69) is 0 Å². The molecule has 1 atom stereocenters. The van der Waals surface area contributed by atoms with Crippen molar-refractivity contribution in [2.24, 2.45) is 5.92 Å². The van der Waals surface area contributed by atoms with Crippen molar-refractivity contribution in [3.05, 3.63) is 29.8 Å². The summed E-state index contributed by atoms with van der Waals surface area (Å²) in [6.45, 7) is 0. The van der Waals surface area contributed by atoms with Gasteiger partial charge in [0, 0.05) is 6.42 Å². The van der Waals surface area contributed by atoms with Crippen molar-refractivity contribution in [2.75, 3.05) is 11.5 Å². The normalized spacial score (nSPS) is 20.4. The summed E-state index contributed by atoms with van der Waals surface area (Å²) in [5, 5.41) is 0. The molecular weight excluding hydrogens is 385 g/mol. The predicted molar refractivity (Wildman–Crippen MR) is 81.3 cm³/mol. The van der Waals surface area contributed by atoms with E-state index in [0.29, 0.717) is 6.07 Å². The van der Waals surface area contributed by atoms with E-state index < -0.39 is 48.3 Å². The van der Waals surface area contributed by atoms with Gasteiger partial charge >= 0.3 is 6.18 Å². The van der Waals surface area contributed by atoms with E-state index in [4.69, 9.17) is 0 Å². The lowest BCUT2D eigenvalue weighted by Gasteiger charge is -2.14. The van der Waals surface area contributed by atoms with E-state index in [0.717, 1.165) is 18.2 Å². The molecule has 1 heterocycles. The summed E-state index contributed by atoms with van der Waals surface area (Å²) in [5.74, 6) is -1.49. The average Bonchev–Trinajstić information content (AvgIpc) is 2.83. The predicted octanol–water partition coefficient (Wildman–Crippen LogP) is 0.840. The number of amides is 1. The van der Waals surface area contributed by atoms with Crippen LogP contribution in [0.15, 0.2) is 29.2 Å². The molecule has 1 aliphatic rings. The highest BCUT2D eigenvalue weighted by atomic mass is 32.2. The summed E-state index contributed by atoms with van der Waals surface area (Å²) in [4.78, 5) is 12.3. The Kier molecular flexibility index (Phi) is 5.44. The molecule has 140 valence electrons. The molecule has 1 aromatic carbocycles. The molecule has 2 N–H and O–H groups in total. The summed E-state index contributed by atoms with van der Waals surface area (Å²) in [5.41, 5.74) is 0.453. The quantitative estimate of drug-likeness (QED) is 0.712. The topological polar surface area (TPSA) is 109 Å². The first-order chi connectivity index (χ1) is 11.4. The number of sulfonamides is 1. The van der Waals surface area contributed by atoms with Crippen molar-refractivity contribution < 1.29 is 34.8 Å². The number of nitrogens with one attached hydrogen (secondary N) is 2. The average molecular weight is 400 g/mol. The molecule has 1 fully saturated rings. The third-order valence-corrected chi connectivity index (χ3v) is 6.75. The van der Waals surface area contributed by atoms with Crippen LogP contribution in [0.4, 0.5) is 13.2 Å². The number of carbonyl (C=O) groups excluding carboxylic acids is 1. The molecule has 25 heavy (non-hydrogen) atoms. The van der Waals surface area contributed by atoms with Gasteiger partial charge in [0.15, 0.2) is 9.84 Å². The van der Waals surface area contributed by atoms with Crippen LogP contribution in [0.5, 0.6) is 0 Å². The molecule has 0 bridgehead atoms.